The number of amides is 1. The number of alkyl halides is 1. The van der Waals surface area contributed by atoms with Crippen molar-refractivity contribution in [3.63, 3.8) is 0 Å². The summed E-state index contributed by atoms with van der Waals surface area (Å²) in [7, 11) is 0. The maximum Gasteiger partial charge on any atom is 0.262 e. The maximum absolute atomic E-state index is 11.4. The summed E-state index contributed by atoms with van der Waals surface area (Å²) in [5, 5.41) is 4.67. The van der Waals surface area contributed by atoms with Crippen molar-refractivity contribution in [2.24, 2.45) is 0 Å². The number of carbonyl (C=O) groups is 1. The third kappa shape index (κ3) is 2.41. The van der Waals surface area contributed by atoms with Crippen molar-refractivity contribution in [2.45, 2.75) is 18.7 Å². The number of rotatable bonds is 3. The quantitative estimate of drug-likeness (QED) is 0.871. The predicted molar refractivity (Wildman–Crippen MR) is 82.0 cm³/mol. The summed E-state index contributed by atoms with van der Waals surface area (Å²) in [6.45, 7) is 2.19. The largest absolute Gasteiger partial charge is 0.482 e. The number of fused-ring (bicyclic) bond motifs is 1. The summed E-state index contributed by atoms with van der Waals surface area (Å²) in [5.74, 6) is 0.560. The van der Waals surface area contributed by atoms with Gasteiger partial charge in [-0.05, 0) is 41.1 Å². The SMILES string of the molecule is CCc1ccsc1C(Cl)c1ccc2c(c1)NC(=O)CO2. The highest BCUT2D eigenvalue weighted by Gasteiger charge is 2.20. The van der Waals surface area contributed by atoms with Crippen molar-refractivity contribution in [1.29, 1.82) is 0 Å². The normalized spacial score (nSPS) is 15.2. The Labute approximate surface area is 126 Å². The van der Waals surface area contributed by atoms with E-state index in [4.69, 9.17) is 16.3 Å². The summed E-state index contributed by atoms with van der Waals surface area (Å²) in [4.78, 5) is 12.5. The molecule has 0 radical (unpaired) electrons. The molecule has 0 saturated heterocycles. The number of anilines is 1. The topological polar surface area (TPSA) is 38.3 Å². The van der Waals surface area contributed by atoms with Crippen LogP contribution in [0.2, 0.25) is 0 Å². The highest BCUT2D eigenvalue weighted by atomic mass is 35.5. The van der Waals surface area contributed by atoms with E-state index in [9.17, 15) is 4.79 Å². The van der Waals surface area contributed by atoms with E-state index >= 15 is 0 Å². The molecule has 0 spiro atoms. The van der Waals surface area contributed by atoms with Crippen molar-refractivity contribution >= 4 is 34.5 Å². The molecule has 104 valence electrons. The first-order valence-electron chi connectivity index (χ1n) is 6.46. The van der Waals surface area contributed by atoms with Gasteiger partial charge in [0.05, 0.1) is 11.1 Å². The average Bonchev–Trinajstić information content (AvgIpc) is 2.94. The minimum atomic E-state index is -0.200. The number of nitrogens with one attached hydrogen (secondary N) is 1. The number of halogens is 1. The molecule has 20 heavy (non-hydrogen) atoms. The first kappa shape index (κ1) is 13.5. The molecule has 1 amide bonds. The number of benzene rings is 1. The van der Waals surface area contributed by atoms with Gasteiger partial charge in [-0.25, -0.2) is 0 Å². The molecule has 1 aliphatic rings. The maximum atomic E-state index is 11.4. The Balaban J connectivity index is 1.94. The van der Waals surface area contributed by atoms with Crippen LogP contribution in [-0.4, -0.2) is 12.5 Å². The molecule has 0 bridgehead atoms. The standard InChI is InChI=1S/C15H14ClNO2S/c1-2-9-5-6-20-15(9)14(16)10-3-4-12-11(7-10)17-13(18)8-19-12/h3-7,14H,2,8H2,1H3,(H,17,18). The van der Waals surface area contributed by atoms with Crippen LogP contribution in [0.4, 0.5) is 5.69 Å². The van der Waals surface area contributed by atoms with Gasteiger partial charge >= 0.3 is 0 Å². The first-order chi connectivity index (χ1) is 9.69. The second-order valence-electron chi connectivity index (χ2n) is 4.62. The highest BCUT2D eigenvalue weighted by molar-refractivity contribution is 7.10. The molecule has 1 aromatic heterocycles. The van der Waals surface area contributed by atoms with Gasteiger partial charge in [0.1, 0.15) is 5.75 Å². The summed E-state index contributed by atoms with van der Waals surface area (Å²) in [6, 6.07) is 7.81. The zero-order chi connectivity index (χ0) is 14.1. The smallest absolute Gasteiger partial charge is 0.262 e. The van der Waals surface area contributed by atoms with E-state index in [-0.39, 0.29) is 17.9 Å². The minimum Gasteiger partial charge on any atom is -0.482 e. The molecule has 0 aliphatic carbocycles. The van der Waals surface area contributed by atoms with Gasteiger partial charge in [0.25, 0.3) is 5.91 Å². The van der Waals surface area contributed by atoms with Crippen LogP contribution < -0.4 is 10.1 Å². The molecule has 2 aromatic rings. The number of carbonyl (C=O) groups excluding carboxylic acids is 1. The Bertz CT molecular complexity index is 653. The van der Waals surface area contributed by atoms with Crippen molar-refractivity contribution in [2.75, 3.05) is 11.9 Å². The molecule has 3 nitrogen and oxygen atoms in total. The summed E-state index contributed by atoms with van der Waals surface area (Å²) >= 11 is 8.26. The monoisotopic (exact) mass is 307 g/mol. The van der Waals surface area contributed by atoms with E-state index in [2.05, 4.69) is 23.7 Å². The van der Waals surface area contributed by atoms with Gasteiger partial charge in [-0.2, -0.15) is 0 Å². The van der Waals surface area contributed by atoms with Crippen LogP contribution in [0.1, 0.15) is 28.3 Å². The van der Waals surface area contributed by atoms with E-state index in [0.717, 1.165) is 16.9 Å². The Morgan fingerprint density at radius 3 is 3.10 bits per heavy atom. The molecule has 1 atom stereocenters. The lowest BCUT2D eigenvalue weighted by molar-refractivity contribution is -0.118. The third-order valence-corrected chi connectivity index (χ3v) is 4.94. The van der Waals surface area contributed by atoms with E-state index in [1.165, 1.54) is 5.56 Å². The zero-order valence-electron chi connectivity index (χ0n) is 11.0. The van der Waals surface area contributed by atoms with Gasteiger partial charge in [0.15, 0.2) is 6.61 Å². The van der Waals surface area contributed by atoms with Gasteiger partial charge in [-0.1, -0.05) is 13.0 Å². The Morgan fingerprint density at radius 2 is 2.30 bits per heavy atom. The van der Waals surface area contributed by atoms with E-state index in [1.807, 2.05) is 18.2 Å². The molecule has 1 unspecified atom stereocenters. The molecule has 1 aliphatic heterocycles. The minimum absolute atomic E-state index is 0.0710. The second kappa shape index (κ2) is 5.46. The summed E-state index contributed by atoms with van der Waals surface area (Å²) < 4.78 is 5.35. The van der Waals surface area contributed by atoms with Crippen molar-refractivity contribution < 1.29 is 9.53 Å². The lowest BCUT2D eigenvalue weighted by atomic mass is 10.1. The number of thiophene rings is 1. The van der Waals surface area contributed by atoms with Crippen LogP contribution in [-0.2, 0) is 11.2 Å². The molecule has 2 heterocycles. The predicted octanol–water partition coefficient (Wildman–Crippen LogP) is 3.97. The Morgan fingerprint density at radius 1 is 1.45 bits per heavy atom. The molecular formula is C15H14ClNO2S. The number of hydrogen-bond acceptors (Lipinski definition) is 3. The van der Waals surface area contributed by atoms with Gasteiger partial charge in [0, 0.05) is 4.88 Å². The van der Waals surface area contributed by atoms with Crippen molar-refractivity contribution in [3.8, 4) is 5.75 Å². The highest BCUT2D eigenvalue weighted by Crippen LogP contribution is 2.38. The van der Waals surface area contributed by atoms with E-state index in [1.54, 1.807) is 11.3 Å². The lowest BCUT2D eigenvalue weighted by Gasteiger charge is -2.19. The molecule has 1 N–H and O–H groups in total. The molecule has 5 heteroatoms. The van der Waals surface area contributed by atoms with Crippen molar-refractivity contribution in [1.82, 2.24) is 0 Å². The van der Waals surface area contributed by atoms with Crippen LogP contribution in [0.25, 0.3) is 0 Å². The second-order valence-corrected chi connectivity index (χ2v) is 6.00. The van der Waals surface area contributed by atoms with Crippen LogP contribution in [0.5, 0.6) is 5.75 Å². The van der Waals surface area contributed by atoms with Gasteiger partial charge < -0.3 is 10.1 Å². The molecule has 1 aromatic carbocycles. The zero-order valence-corrected chi connectivity index (χ0v) is 12.6. The molecule has 0 saturated carbocycles. The molecule has 0 fully saturated rings. The third-order valence-electron chi connectivity index (χ3n) is 3.32. The van der Waals surface area contributed by atoms with Crippen LogP contribution in [0.3, 0.4) is 0 Å². The number of ether oxygens (including phenoxy) is 1. The van der Waals surface area contributed by atoms with Crippen LogP contribution in [0, 0.1) is 0 Å². The molecular weight excluding hydrogens is 294 g/mol. The summed E-state index contributed by atoms with van der Waals surface area (Å²) in [6.07, 6.45) is 0.965. The first-order valence-corrected chi connectivity index (χ1v) is 7.77. The summed E-state index contributed by atoms with van der Waals surface area (Å²) in [5.41, 5.74) is 2.93. The Kier molecular flexibility index (Phi) is 3.68. The van der Waals surface area contributed by atoms with Crippen molar-refractivity contribution in [3.05, 3.63) is 45.6 Å². The van der Waals surface area contributed by atoms with Crippen LogP contribution in [0.15, 0.2) is 29.6 Å². The Hall–Kier alpha value is -1.52. The van der Waals surface area contributed by atoms with Gasteiger partial charge in [-0.15, -0.1) is 22.9 Å². The molecule has 3 rings (SSSR count). The van der Waals surface area contributed by atoms with E-state index < -0.39 is 0 Å². The van der Waals surface area contributed by atoms with Crippen LogP contribution >= 0.6 is 22.9 Å². The fraction of sp³-hybridized carbons (Fsp3) is 0.267. The average molecular weight is 308 g/mol. The van der Waals surface area contributed by atoms with E-state index in [0.29, 0.717) is 11.4 Å². The lowest BCUT2D eigenvalue weighted by Crippen LogP contribution is -2.25. The fourth-order valence-corrected chi connectivity index (χ4v) is 3.70. The fourth-order valence-electron chi connectivity index (χ4n) is 2.27. The van der Waals surface area contributed by atoms with Gasteiger partial charge in [-0.3, -0.25) is 4.79 Å². The van der Waals surface area contributed by atoms with Gasteiger partial charge in [0.2, 0.25) is 0 Å². The number of hydrogen-bond donors (Lipinski definition) is 1. The number of aryl methyl sites for hydroxylation is 1.